The highest BCUT2D eigenvalue weighted by molar-refractivity contribution is 7.85. The van der Waals surface area contributed by atoms with Crippen LogP contribution in [0.25, 0.3) is 28.0 Å². The Balaban J connectivity index is 2.22. The minimum atomic E-state index is -4.82. The summed E-state index contributed by atoms with van der Waals surface area (Å²) in [6.07, 6.45) is -3.58. The largest absolute Gasteiger partial charge is 0.464 e. The van der Waals surface area contributed by atoms with Crippen molar-refractivity contribution in [1.29, 1.82) is 0 Å². The van der Waals surface area contributed by atoms with Crippen LogP contribution in [0.15, 0.2) is 64.0 Å². The zero-order valence-corrected chi connectivity index (χ0v) is 17.4. The van der Waals surface area contributed by atoms with Gasteiger partial charge in [0.25, 0.3) is 15.7 Å². The van der Waals surface area contributed by atoms with Gasteiger partial charge >= 0.3 is 6.18 Å². The SMILES string of the molecule is O=c1c(-c2ccco2)c(CS(=O)(=O)O)c2ccc(C(F)(F)F)nc2n1-c1ccc(Cl)cc1. The minimum absolute atomic E-state index is 0.0295. The smallest absolute Gasteiger partial charge is 0.433 e. The molecule has 0 aliphatic rings. The number of furan rings is 1. The molecular weight excluding hydrogens is 473 g/mol. The predicted molar refractivity (Wildman–Crippen MR) is 110 cm³/mol. The first-order valence-electron chi connectivity index (χ1n) is 8.86. The number of pyridine rings is 2. The zero-order valence-electron chi connectivity index (χ0n) is 15.8. The van der Waals surface area contributed by atoms with E-state index in [-0.39, 0.29) is 28.0 Å². The van der Waals surface area contributed by atoms with Gasteiger partial charge in [0, 0.05) is 10.4 Å². The molecule has 12 heteroatoms. The van der Waals surface area contributed by atoms with E-state index in [0.29, 0.717) is 11.1 Å². The molecule has 4 aromatic rings. The fraction of sp³-hybridized carbons (Fsp3) is 0.100. The molecule has 7 nitrogen and oxygen atoms in total. The minimum Gasteiger partial charge on any atom is -0.464 e. The summed E-state index contributed by atoms with van der Waals surface area (Å²) in [4.78, 5) is 17.1. The van der Waals surface area contributed by atoms with Crippen LogP contribution >= 0.6 is 11.6 Å². The van der Waals surface area contributed by atoms with Crippen molar-refractivity contribution < 1.29 is 30.6 Å². The Hall–Kier alpha value is -3.15. The Kier molecular flexibility index (Phi) is 5.35. The lowest BCUT2D eigenvalue weighted by Crippen LogP contribution is -2.25. The molecule has 0 saturated carbocycles. The summed E-state index contributed by atoms with van der Waals surface area (Å²) in [7, 11) is -4.68. The van der Waals surface area contributed by atoms with Gasteiger partial charge < -0.3 is 4.42 Å². The molecule has 0 bridgehead atoms. The number of rotatable bonds is 4. The predicted octanol–water partition coefficient (Wildman–Crippen LogP) is 4.71. The quantitative estimate of drug-likeness (QED) is 0.421. The third-order valence-electron chi connectivity index (χ3n) is 4.60. The van der Waals surface area contributed by atoms with Gasteiger partial charge in [-0.3, -0.25) is 13.9 Å². The molecule has 4 rings (SSSR count). The molecule has 1 N–H and O–H groups in total. The van der Waals surface area contributed by atoms with E-state index in [2.05, 4.69) is 4.98 Å². The van der Waals surface area contributed by atoms with Gasteiger partial charge in [-0.2, -0.15) is 21.6 Å². The molecule has 0 spiro atoms. The number of hydrogen-bond donors (Lipinski definition) is 1. The number of nitrogens with zero attached hydrogens (tertiary/aromatic N) is 2. The van der Waals surface area contributed by atoms with Gasteiger partial charge in [0.2, 0.25) is 0 Å². The number of fused-ring (bicyclic) bond motifs is 1. The molecule has 0 atom stereocenters. The maximum Gasteiger partial charge on any atom is 0.433 e. The molecule has 0 fully saturated rings. The molecule has 1 aromatic carbocycles. The van der Waals surface area contributed by atoms with Gasteiger partial charge in [-0.25, -0.2) is 4.98 Å². The van der Waals surface area contributed by atoms with E-state index in [0.717, 1.165) is 10.6 Å². The van der Waals surface area contributed by atoms with Crippen molar-refractivity contribution in [2.75, 3.05) is 0 Å². The normalized spacial score (nSPS) is 12.4. The maximum atomic E-state index is 13.5. The second-order valence-electron chi connectivity index (χ2n) is 6.74. The second-order valence-corrected chi connectivity index (χ2v) is 8.63. The maximum absolute atomic E-state index is 13.5. The Morgan fingerprint density at radius 3 is 2.34 bits per heavy atom. The molecule has 3 aromatic heterocycles. The van der Waals surface area contributed by atoms with Crippen LogP contribution in [0.5, 0.6) is 0 Å². The van der Waals surface area contributed by atoms with Crippen molar-refractivity contribution in [3.63, 3.8) is 0 Å². The van der Waals surface area contributed by atoms with Crippen LogP contribution in [0, 0.1) is 0 Å². The monoisotopic (exact) mass is 484 g/mol. The summed E-state index contributed by atoms with van der Waals surface area (Å²) < 4.78 is 79.1. The molecule has 0 amide bonds. The number of alkyl halides is 3. The first-order chi connectivity index (χ1) is 15.0. The molecule has 0 unspecified atom stereocenters. The van der Waals surface area contributed by atoms with Crippen LogP contribution < -0.4 is 5.56 Å². The highest BCUT2D eigenvalue weighted by Crippen LogP contribution is 2.33. The fourth-order valence-corrected chi connectivity index (χ4v) is 4.11. The van der Waals surface area contributed by atoms with Crippen molar-refractivity contribution in [1.82, 2.24) is 9.55 Å². The third-order valence-corrected chi connectivity index (χ3v) is 5.51. The van der Waals surface area contributed by atoms with Gasteiger partial charge in [0.1, 0.15) is 22.9 Å². The van der Waals surface area contributed by atoms with Crippen LogP contribution in [0.1, 0.15) is 11.3 Å². The number of hydrogen-bond acceptors (Lipinski definition) is 5. The van der Waals surface area contributed by atoms with Gasteiger partial charge in [-0.1, -0.05) is 11.6 Å². The lowest BCUT2D eigenvalue weighted by Gasteiger charge is -2.17. The van der Waals surface area contributed by atoms with Crippen molar-refractivity contribution >= 4 is 32.8 Å². The molecule has 0 saturated heterocycles. The van der Waals surface area contributed by atoms with Gasteiger partial charge in [0.05, 0.1) is 17.5 Å². The van der Waals surface area contributed by atoms with E-state index >= 15 is 0 Å². The first-order valence-corrected chi connectivity index (χ1v) is 10.9. The van der Waals surface area contributed by atoms with Crippen LogP contribution in [0.4, 0.5) is 13.2 Å². The lowest BCUT2D eigenvalue weighted by molar-refractivity contribution is -0.141. The standard InChI is InChI=1S/C20H12ClF3N2O5S/c21-11-3-5-12(6-4-11)26-18-13(7-8-16(25-18)20(22,23)24)14(10-32(28,29)30)17(19(26)27)15-2-1-9-31-15/h1-9H,10H2,(H,28,29,30). The molecule has 32 heavy (non-hydrogen) atoms. The summed E-state index contributed by atoms with van der Waals surface area (Å²) in [5.74, 6) is -1.07. The Labute approximate surface area is 183 Å². The summed E-state index contributed by atoms with van der Waals surface area (Å²) in [6.45, 7) is 0. The molecule has 0 aliphatic heterocycles. The summed E-state index contributed by atoms with van der Waals surface area (Å²) in [5.41, 5.74) is -2.95. The van der Waals surface area contributed by atoms with E-state index in [9.17, 15) is 30.9 Å². The average molecular weight is 485 g/mol. The summed E-state index contributed by atoms with van der Waals surface area (Å²) in [5, 5.41) is 0.237. The van der Waals surface area contributed by atoms with Crippen LogP contribution in [0.2, 0.25) is 5.02 Å². The van der Waals surface area contributed by atoms with E-state index in [4.69, 9.17) is 16.0 Å². The topological polar surface area (TPSA) is 102 Å². The highest BCUT2D eigenvalue weighted by atomic mass is 35.5. The van der Waals surface area contributed by atoms with Gasteiger partial charge in [-0.05, 0) is 54.1 Å². The Morgan fingerprint density at radius 2 is 1.78 bits per heavy atom. The zero-order chi connectivity index (χ0) is 23.3. The average Bonchev–Trinajstić information content (AvgIpc) is 3.21. The van der Waals surface area contributed by atoms with Gasteiger partial charge in [0.15, 0.2) is 0 Å². The fourth-order valence-electron chi connectivity index (χ4n) is 3.32. The summed E-state index contributed by atoms with van der Waals surface area (Å²) >= 11 is 5.89. The molecular formula is C20H12ClF3N2O5S. The third kappa shape index (κ3) is 4.14. The van der Waals surface area contributed by atoms with Crippen molar-refractivity contribution in [3.8, 4) is 17.0 Å². The van der Waals surface area contributed by atoms with E-state index in [1.54, 1.807) is 0 Å². The summed E-state index contributed by atoms with van der Waals surface area (Å²) in [6, 6.07) is 10.2. The number of halogens is 4. The molecule has 0 aliphatic carbocycles. The molecule has 0 radical (unpaired) electrons. The van der Waals surface area contributed by atoms with Crippen molar-refractivity contribution in [3.05, 3.63) is 81.4 Å². The molecule has 166 valence electrons. The Morgan fingerprint density at radius 1 is 1.09 bits per heavy atom. The van der Waals surface area contributed by atoms with Crippen molar-refractivity contribution in [2.45, 2.75) is 11.9 Å². The van der Waals surface area contributed by atoms with E-state index in [1.165, 1.54) is 42.7 Å². The number of aromatic nitrogens is 2. The van der Waals surface area contributed by atoms with Gasteiger partial charge in [-0.15, -0.1) is 0 Å². The number of benzene rings is 1. The lowest BCUT2D eigenvalue weighted by atomic mass is 10.0. The van der Waals surface area contributed by atoms with Crippen LogP contribution in [-0.2, 0) is 22.0 Å². The Bertz CT molecular complexity index is 1480. The first kappa shape index (κ1) is 22.1. The van der Waals surface area contributed by atoms with E-state index in [1.807, 2.05) is 0 Å². The molecule has 3 heterocycles. The van der Waals surface area contributed by atoms with Crippen molar-refractivity contribution in [2.24, 2.45) is 0 Å². The van der Waals surface area contributed by atoms with E-state index < -0.39 is 38.9 Å². The van der Waals surface area contributed by atoms with Crippen LogP contribution in [0.3, 0.4) is 0 Å². The van der Waals surface area contributed by atoms with Crippen LogP contribution in [-0.4, -0.2) is 22.5 Å². The highest BCUT2D eigenvalue weighted by Gasteiger charge is 2.34. The second kappa shape index (κ2) is 7.76.